The minimum Gasteiger partial charge on any atom is -0.465 e. The average Bonchev–Trinajstić information content (AvgIpc) is 2.82. The molecule has 0 radical (unpaired) electrons. The van der Waals surface area contributed by atoms with Crippen LogP contribution in [0.5, 0.6) is 17.2 Å². The van der Waals surface area contributed by atoms with Gasteiger partial charge in [0.15, 0.2) is 17.0 Å². The third-order valence-corrected chi connectivity index (χ3v) is 5.75. The molecule has 2 atom stereocenters. The maximum atomic E-state index is 13.7. The monoisotopic (exact) mass is 562 g/mol. The highest BCUT2D eigenvalue weighted by Crippen LogP contribution is 2.45. The Bertz CT molecular complexity index is 1340. The first-order chi connectivity index (χ1) is 18.2. The Kier molecular flexibility index (Phi) is 8.12. The van der Waals surface area contributed by atoms with Crippen molar-refractivity contribution in [2.45, 2.75) is 32.5 Å². The molecule has 0 bridgehead atoms. The normalized spacial score (nSPS) is 18.9. The summed E-state index contributed by atoms with van der Waals surface area (Å²) in [7, 11) is 1.10. The number of likely N-dealkylation sites (N-methyl/N-ethyl adjacent to an activating group) is 1. The van der Waals surface area contributed by atoms with Crippen molar-refractivity contribution in [3.8, 4) is 17.2 Å². The molecule has 4 N–H and O–H groups in total. The molecule has 1 fully saturated rings. The number of nitrogens with one attached hydrogen (secondary N) is 1. The number of halogens is 1. The van der Waals surface area contributed by atoms with Crippen LogP contribution in [0.15, 0.2) is 36.4 Å². The second-order valence-corrected chi connectivity index (χ2v) is 8.70. The van der Waals surface area contributed by atoms with Crippen molar-refractivity contribution in [3.63, 3.8) is 0 Å². The van der Waals surface area contributed by atoms with Gasteiger partial charge in [0.1, 0.15) is 6.17 Å². The summed E-state index contributed by atoms with van der Waals surface area (Å²) in [5, 5.41) is 12.2. The molecule has 3 rings (SSSR count). The Morgan fingerprint density at radius 2 is 1.44 bits per heavy atom. The van der Waals surface area contributed by atoms with Crippen LogP contribution < -0.4 is 30.2 Å². The van der Waals surface area contributed by atoms with E-state index in [0.717, 1.165) is 44.9 Å². The van der Waals surface area contributed by atoms with Gasteiger partial charge in [0.2, 0.25) is 5.75 Å². The van der Waals surface area contributed by atoms with Crippen LogP contribution in [0.2, 0.25) is 5.02 Å². The van der Waals surface area contributed by atoms with E-state index in [1.54, 1.807) is 0 Å². The molecule has 0 aromatic heterocycles. The summed E-state index contributed by atoms with van der Waals surface area (Å²) in [6.45, 7) is 3.07. The van der Waals surface area contributed by atoms with Crippen LogP contribution in [0.4, 0.5) is 15.3 Å². The first-order valence-corrected chi connectivity index (χ1v) is 11.4. The molecule has 15 heteroatoms. The van der Waals surface area contributed by atoms with Crippen LogP contribution in [-0.2, 0) is 24.7 Å². The molecule has 1 saturated heterocycles. The number of amides is 4. The Morgan fingerprint density at radius 1 is 0.949 bits per heavy atom. The molecule has 39 heavy (non-hydrogen) atoms. The van der Waals surface area contributed by atoms with Gasteiger partial charge in [-0.3, -0.25) is 29.0 Å². The molecule has 1 aliphatic heterocycles. The SMILES string of the molecule is CC(=O)Oc1cc(C2(NC(=O)O)C(=O)N(C)C(=O)N(c3ccc(Cl)cc3)C2N)cc(OC(C)=O)c1OC(C)=O. The highest BCUT2D eigenvalue weighted by atomic mass is 35.5. The van der Waals surface area contributed by atoms with Crippen LogP contribution in [0, 0.1) is 0 Å². The van der Waals surface area contributed by atoms with Crippen molar-refractivity contribution < 1.29 is 48.1 Å². The summed E-state index contributed by atoms with van der Waals surface area (Å²) in [4.78, 5) is 76.0. The first kappa shape index (κ1) is 28.9. The van der Waals surface area contributed by atoms with Gasteiger partial charge in [-0.05, 0) is 42.0 Å². The van der Waals surface area contributed by atoms with Gasteiger partial charge in [0, 0.05) is 38.5 Å². The van der Waals surface area contributed by atoms with Crippen molar-refractivity contribution in [2.75, 3.05) is 11.9 Å². The number of imide groups is 1. The zero-order valence-corrected chi connectivity index (χ0v) is 21.8. The number of anilines is 1. The van der Waals surface area contributed by atoms with Crippen LogP contribution in [0.3, 0.4) is 0 Å². The van der Waals surface area contributed by atoms with Crippen LogP contribution in [0.25, 0.3) is 0 Å². The minimum absolute atomic E-state index is 0.157. The molecule has 0 spiro atoms. The van der Waals surface area contributed by atoms with E-state index >= 15 is 0 Å². The fraction of sp³-hybridized carbons (Fsp3) is 0.250. The fourth-order valence-electron chi connectivity index (χ4n) is 4.00. The lowest BCUT2D eigenvalue weighted by Gasteiger charge is -2.49. The molecule has 2 aromatic rings. The average molecular weight is 563 g/mol. The molecule has 2 unspecified atom stereocenters. The van der Waals surface area contributed by atoms with Crippen molar-refractivity contribution in [2.24, 2.45) is 5.73 Å². The quantitative estimate of drug-likeness (QED) is 0.344. The van der Waals surface area contributed by atoms with Gasteiger partial charge in [-0.2, -0.15) is 0 Å². The zero-order valence-electron chi connectivity index (χ0n) is 21.0. The van der Waals surface area contributed by atoms with E-state index < -0.39 is 64.9 Å². The fourth-order valence-corrected chi connectivity index (χ4v) is 4.12. The molecular formula is C24H23ClN4O10. The molecule has 1 aliphatic rings. The Morgan fingerprint density at radius 3 is 1.87 bits per heavy atom. The van der Waals surface area contributed by atoms with Gasteiger partial charge >= 0.3 is 30.0 Å². The number of hydrogen-bond acceptors (Lipinski definition) is 10. The van der Waals surface area contributed by atoms with Crippen molar-refractivity contribution in [1.29, 1.82) is 0 Å². The topological polar surface area (TPSA) is 195 Å². The second-order valence-electron chi connectivity index (χ2n) is 8.26. The van der Waals surface area contributed by atoms with Crippen LogP contribution >= 0.6 is 11.6 Å². The predicted molar refractivity (Wildman–Crippen MR) is 133 cm³/mol. The van der Waals surface area contributed by atoms with E-state index in [4.69, 9.17) is 31.5 Å². The predicted octanol–water partition coefficient (Wildman–Crippen LogP) is 1.96. The van der Waals surface area contributed by atoms with E-state index in [0.29, 0.717) is 9.92 Å². The molecule has 206 valence electrons. The van der Waals surface area contributed by atoms with Gasteiger partial charge in [-0.1, -0.05) is 11.6 Å². The number of nitrogens with zero attached hydrogens (tertiary/aromatic N) is 2. The van der Waals surface area contributed by atoms with E-state index in [-0.39, 0.29) is 11.3 Å². The first-order valence-electron chi connectivity index (χ1n) is 11.1. The number of hydrogen-bond donors (Lipinski definition) is 3. The standard InChI is InChI=1S/C24H23ClN4O10/c1-11(30)37-17-9-14(10-18(38-12(2)31)19(17)39-13(3)32)24(27-22(34)35)20(26)29(23(36)28(4)21(24)33)16-7-5-15(25)6-8-16/h5-10,20,27H,26H2,1-4H3,(H,34,35). The Labute approximate surface area is 226 Å². The highest BCUT2D eigenvalue weighted by molar-refractivity contribution is 6.30. The summed E-state index contributed by atoms with van der Waals surface area (Å²) in [5.74, 6) is -5.31. The minimum atomic E-state index is -2.47. The lowest BCUT2D eigenvalue weighted by atomic mass is 9.82. The molecule has 0 aliphatic carbocycles. The van der Waals surface area contributed by atoms with Gasteiger partial charge in [-0.25, -0.2) is 9.59 Å². The summed E-state index contributed by atoms with van der Waals surface area (Å²) >= 11 is 5.96. The number of rotatable bonds is 6. The summed E-state index contributed by atoms with van der Waals surface area (Å²) in [6.07, 6.45) is -3.47. The number of carbonyl (C=O) groups is 6. The van der Waals surface area contributed by atoms with E-state index in [1.807, 2.05) is 0 Å². The number of ether oxygens (including phenoxy) is 3. The summed E-state index contributed by atoms with van der Waals surface area (Å²) in [5.41, 5.74) is 3.85. The Balaban J connectivity index is 2.39. The smallest absolute Gasteiger partial charge is 0.405 e. The van der Waals surface area contributed by atoms with E-state index in [2.05, 4.69) is 5.32 Å². The lowest BCUT2D eigenvalue weighted by molar-refractivity contribution is -0.137. The molecular weight excluding hydrogens is 540 g/mol. The third-order valence-electron chi connectivity index (χ3n) is 5.49. The van der Waals surface area contributed by atoms with E-state index in [1.165, 1.54) is 24.3 Å². The van der Waals surface area contributed by atoms with Gasteiger partial charge < -0.3 is 30.4 Å². The summed E-state index contributed by atoms with van der Waals surface area (Å²) < 4.78 is 15.4. The number of urea groups is 1. The van der Waals surface area contributed by atoms with Gasteiger partial charge in [0.25, 0.3) is 5.91 Å². The van der Waals surface area contributed by atoms with Gasteiger partial charge in [0.05, 0.1) is 0 Å². The zero-order chi connectivity index (χ0) is 29.2. The molecule has 4 amide bonds. The maximum absolute atomic E-state index is 13.7. The number of carboxylic acid groups (broad SMARTS) is 1. The van der Waals surface area contributed by atoms with Gasteiger partial charge in [-0.15, -0.1) is 0 Å². The molecule has 2 aromatic carbocycles. The van der Waals surface area contributed by atoms with Crippen molar-refractivity contribution in [3.05, 3.63) is 47.0 Å². The largest absolute Gasteiger partial charge is 0.465 e. The Hall–Kier alpha value is -4.69. The molecule has 1 heterocycles. The van der Waals surface area contributed by atoms with E-state index in [9.17, 15) is 33.9 Å². The van der Waals surface area contributed by atoms with Crippen molar-refractivity contribution in [1.82, 2.24) is 10.2 Å². The maximum Gasteiger partial charge on any atom is 0.405 e. The molecule has 0 saturated carbocycles. The number of benzene rings is 2. The highest BCUT2D eigenvalue weighted by Gasteiger charge is 2.58. The summed E-state index contributed by atoms with van der Waals surface area (Å²) in [6, 6.07) is 6.86. The van der Waals surface area contributed by atoms with Crippen LogP contribution in [0.1, 0.15) is 26.3 Å². The second kappa shape index (κ2) is 11.0. The number of carbonyl (C=O) groups excluding carboxylic acids is 5. The lowest BCUT2D eigenvalue weighted by Crippen LogP contribution is -2.76. The number of esters is 3. The third kappa shape index (κ3) is 5.61. The van der Waals surface area contributed by atoms with Crippen LogP contribution in [-0.4, -0.2) is 59.2 Å². The van der Waals surface area contributed by atoms with Crippen molar-refractivity contribution >= 4 is 53.2 Å². The molecule has 14 nitrogen and oxygen atoms in total. The number of nitrogens with two attached hydrogens (primary N) is 1.